The molecule has 0 bridgehead atoms. The molecule has 3 heterocycles. The maximum atomic E-state index is 5.14. The van der Waals surface area contributed by atoms with Gasteiger partial charge in [0.2, 0.25) is 0 Å². The van der Waals surface area contributed by atoms with E-state index in [2.05, 4.69) is 118 Å². The van der Waals surface area contributed by atoms with E-state index in [-0.39, 0.29) is 0 Å². The molecule has 0 spiro atoms. The lowest BCUT2D eigenvalue weighted by Crippen LogP contribution is -1.97. The van der Waals surface area contributed by atoms with Crippen molar-refractivity contribution >= 4 is 0 Å². The van der Waals surface area contributed by atoms with Crippen LogP contribution in [0.5, 0.6) is 0 Å². The van der Waals surface area contributed by atoms with Gasteiger partial charge in [-0.3, -0.25) is 15.0 Å². The summed E-state index contributed by atoms with van der Waals surface area (Å²) in [5, 5.41) is 0. The highest BCUT2D eigenvalue weighted by Crippen LogP contribution is 2.35. The van der Waals surface area contributed by atoms with E-state index in [9.17, 15) is 0 Å². The van der Waals surface area contributed by atoms with Crippen molar-refractivity contribution in [3.8, 4) is 78.5 Å². The zero-order valence-corrected chi connectivity index (χ0v) is 26.0. The minimum atomic E-state index is 0.668. The van der Waals surface area contributed by atoms with Gasteiger partial charge in [0, 0.05) is 47.0 Å². The first-order valence-corrected chi connectivity index (χ1v) is 15.8. The van der Waals surface area contributed by atoms with Crippen LogP contribution < -0.4 is 0 Å². The fraction of sp³-hybridized carbons (Fsp3) is 0. The zero-order valence-electron chi connectivity index (χ0n) is 26.0. The molecule has 0 radical (unpaired) electrons. The van der Waals surface area contributed by atoms with E-state index in [0.29, 0.717) is 5.82 Å². The molecule has 0 fully saturated rings. The number of aromatic nitrogens is 5. The van der Waals surface area contributed by atoms with E-state index in [1.54, 1.807) is 24.8 Å². The third-order valence-corrected chi connectivity index (χ3v) is 8.35. The highest BCUT2D eigenvalue weighted by atomic mass is 14.9. The van der Waals surface area contributed by atoms with Gasteiger partial charge in [-0.2, -0.15) is 0 Å². The van der Waals surface area contributed by atoms with Gasteiger partial charge in [-0.15, -0.1) is 0 Å². The van der Waals surface area contributed by atoms with Gasteiger partial charge in [0.15, 0.2) is 5.82 Å². The predicted molar refractivity (Wildman–Crippen MR) is 193 cm³/mol. The van der Waals surface area contributed by atoms with Crippen molar-refractivity contribution in [3.05, 3.63) is 177 Å². The second kappa shape index (κ2) is 13.0. The van der Waals surface area contributed by atoms with Crippen molar-refractivity contribution in [2.24, 2.45) is 0 Å². The van der Waals surface area contributed by atoms with E-state index in [0.717, 1.165) is 72.7 Å². The van der Waals surface area contributed by atoms with Crippen molar-refractivity contribution < 1.29 is 0 Å². The Bertz CT molecular complexity index is 2130. The summed E-state index contributed by atoms with van der Waals surface area (Å²) in [6, 6.07) is 50.4. The summed E-state index contributed by atoms with van der Waals surface area (Å²) in [6.45, 7) is 0. The van der Waals surface area contributed by atoms with Gasteiger partial charge in [0.25, 0.3) is 0 Å². The lowest BCUT2D eigenvalue weighted by molar-refractivity contribution is 1.18. The van der Waals surface area contributed by atoms with Crippen LogP contribution in [0.15, 0.2) is 177 Å². The topological polar surface area (TPSA) is 64.5 Å². The van der Waals surface area contributed by atoms with Gasteiger partial charge in [-0.25, -0.2) is 9.97 Å². The first-order valence-electron chi connectivity index (χ1n) is 15.8. The monoisotopic (exact) mass is 615 g/mol. The van der Waals surface area contributed by atoms with E-state index in [1.165, 1.54) is 0 Å². The minimum absolute atomic E-state index is 0.668. The summed E-state index contributed by atoms with van der Waals surface area (Å²) in [6.07, 6.45) is 8.87. The molecule has 8 aromatic rings. The van der Waals surface area contributed by atoms with Crippen LogP contribution in [-0.4, -0.2) is 24.9 Å². The SMILES string of the molecule is c1ccc(-c2cc(-c3ccccc3)nc(-c3cc(-c4ccc(-c5cccnc5)cc4)cc(-c4ccc(-c5cnccn5)cc4)c3)n2)cc1. The van der Waals surface area contributed by atoms with Crippen LogP contribution in [0.25, 0.3) is 78.5 Å². The fourth-order valence-corrected chi connectivity index (χ4v) is 5.85. The molecule has 226 valence electrons. The van der Waals surface area contributed by atoms with Crippen LogP contribution in [0.2, 0.25) is 0 Å². The molecule has 0 aliphatic rings. The molecule has 0 N–H and O–H groups in total. The molecule has 0 aliphatic heterocycles. The average molecular weight is 616 g/mol. The van der Waals surface area contributed by atoms with Crippen molar-refractivity contribution in [1.29, 1.82) is 0 Å². The Kier molecular flexibility index (Phi) is 7.83. The molecule has 0 atom stereocenters. The largest absolute Gasteiger partial charge is 0.264 e. The predicted octanol–water partition coefficient (Wildman–Crippen LogP) is 10.3. The normalized spacial score (nSPS) is 10.9. The van der Waals surface area contributed by atoms with Crippen LogP contribution >= 0.6 is 0 Å². The minimum Gasteiger partial charge on any atom is -0.264 e. The molecular weight excluding hydrogens is 587 g/mol. The summed E-state index contributed by atoms with van der Waals surface area (Å²) in [5.74, 6) is 0.668. The van der Waals surface area contributed by atoms with Crippen molar-refractivity contribution in [1.82, 2.24) is 24.9 Å². The van der Waals surface area contributed by atoms with Gasteiger partial charge in [0.1, 0.15) is 0 Å². The van der Waals surface area contributed by atoms with Crippen molar-refractivity contribution in [2.75, 3.05) is 0 Å². The third kappa shape index (κ3) is 6.13. The molecule has 5 heteroatoms. The summed E-state index contributed by atoms with van der Waals surface area (Å²) in [7, 11) is 0. The molecule has 0 amide bonds. The Morgan fingerprint density at radius 3 is 1.29 bits per heavy atom. The summed E-state index contributed by atoms with van der Waals surface area (Å²) in [4.78, 5) is 23.3. The standard InChI is InChI=1S/C43H29N5/c1-3-8-33(9-4-1)40-27-41(34-10-5-2-6-11-34)48-43(47-40)39-25-37(31-15-13-30(14-16-31)36-12-7-21-44-28-36)24-38(26-39)32-17-19-35(20-18-32)42-29-45-22-23-46-42/h1-29H. The lowest BCUT2D eigenvalue weighted by atomic mass is 9.94. The summed E-state index contributed by atoms with van der Waals surface area (Å²) >= 11 is 0. The summed E-state index contributed by atoms with van der Waals surface area (Å²) < 4.78 is 0. The Balaban J connectivity index is 1.28. The first-order chi connectivity index (χ1) is 23.8. The number of rotatable bonds is 7. The quantitative estimate of drug-likeness (QED) is 0.178. The van der Waals surface area contributed by atoms with Crippen LogP contribution in [0.1, 0.15) is 0 Å². The van der Waals surface area contributed by atoms with Gasteiger partial charge < -0.3 is 0 Å². The Morgan fingerprint density at radius 1 is 0.292 bits per heavy atom. The van der Waals surface area contributed by atoms with Crippen molar-refractivity contribution in [2.45, 2.75) is 0 Å². The van der Waals surface area contributed by atoms with E-state index in [4.69, 9.17) is 9.97 Å². The lowest BCUT2D eigenvalue weighted by Gasteiger charge is -2.13. The van der Waals surface area contributed by atoms with E-state index < -0.39 is 0 Å². The number of hydrogen-bond acceptors (Lipinski definition) is 5. The molecular formula is C43H29N5. The van der Waals surface area contributed by atoms with Crippen LogP contribution in [0, 0.1) is 0 Å². The van der Waals surface area contributed by atoms with Gasteiger partial charge >= 0.3 is 0 Å². The number of hydrogen-bond donors (Lipinski definition) is 0. The van der Waals surface area contributed by atoms with Crippen LogP contribution in [-0.2, 0) is 0 Å². The second-order valence-corrected chi connectivity index (χ2v) is 11.5. The van der Waals surface area contributed by atoms with E-state index in [1.807, 2.05) is 48.7 Å². The molecule has 0 saturated heterocycles. The number of pyridine rings is 1. The zero-order chi connectivity index (χ0) is 32.1. The van der Waals surface area contributed by atoms with Gasteiger partial charge in [-0.05, 0) is 63.7 Å². The molecule has 8 rings (SSSR count). The maximum absolute atomic E-state index is 5.14. The first kappa shape index (κ1) is 28.9. The third-order valence-electron chi connectivity index (χ3n) is 8.35. The highest BCUT2D eigenvalue weighted by molar-refractivity contribution is 5.82. The molecule has 48 heavy (non-hydrogen) atoms. The Morgan fingerprint density at radius 2 is 0.771 bits per heavy atom. The molecule has 3 aromatic heterocycles. The molecule has 0 aliphatic carbocycles. The second-order valence-electron chi connectivity index (χ2n) is 11.5. The van der Waals surface area contributed by atoms with Gasteiger partial charge in [-0.1, -0.05) is 115 Å². The number of benzene rings is 5. The van der Waals surface area contributed by atoms with Crippen molar-refractivity contribution in [3.63, 3.8) is 0 Å². The Hall–Kier alpha value is -6.59. The number of nitrogens with zero attached hydrogens (tertiary/aromatic N) is 5. The van der Waals surface area contributed by atoms with Crippen LogP contribution in [0.4, 0.5) is 0 Å². The maximum Gasteiger partial charge on any atom is 0.160 e. The molecule has 5 aromatic carbocycles. The molecule has 0 saturated carbocycles. The fourth-order valence-electron chi connectivity index (χ4n) is 5.85. The Labute approximate surface area is 279 Å². The highest BCUT2D eigenvalue weighted by Gasteiger charge is 2.14. The average Bonchev–Trinajstić information content (AvgIpc) is 3.19. The smallest absolute Gasteiger partial charge is 0.160 e. The van der Waals surface area contributed by atoms with E-state index >= 15 is 0 Å². The van der Waals surface area contributed by atoms with Gasteiger partial charge in [0.05, 0.1) is 23.3 Å². The molecule has 0 unspecified atom stereocenters. The molecule has 5 nitrogen and oxygen atoms in total. The van der Waals surface area contributed by atoms with Crippen LogP contribution in [0.3, 0.4) is 0 Å². The summed E-state index contributed by atoms with van der Waals surface area (Å²) in [5.41, 5.74) is 13.2.